The molecule has 1 saturated heterocycles. The monoisotopic (exact) mass is 317 g/mol. The van der Waals surface area contributed by atoms with Gasteiger partial charge in [0, 0.05) is 13.1 Å². The first-order valence-electron chi connectivity index (χ1n) is 6.41. The number of nitrogen functional groups attached to an aromatic ring is 1. The number of nitrogens with two attached hydrogens (primary N) is 1. The van der Waals surface area contributed by atoms with Crippen molar-refractivity contribution in [1.82, 2.24) is 5.32 Å². The number of benzene rings is 1. The van der Waals surface area contributed by atoms with Crippen molar-refractivity contribution in [2.45, 2.75) is 13.0 Å². The fourth-order valence-corrected chi connectivity index (χ4v) is 2.53. The lowest BCUT2D eigenvalue weighted by Crippen LogP contribution is -2.54. The van der Waals surface area contributed by atoms with Gasteiger partial charge in [-0.15, -0.1) is 0 Å². The second-order valence-corrected chi connectivity index (χ2v) is 5.32. The van der Waals surface area contributed by atoms with Crippen molar-refractivity contribution < 1.29 is 9.53 Å². The maximum absolute atomic E-state index is 12.1. The fourth-order valence-electron chi connectivity index (χ4n) is 2.20. The Balaban J connectivity index is 2.32. The first kappa shape index (κ1) is 15.2. The van der Waals surface area contributed by atoms with E-state index in [1.165, 1.54) is 0 Å². The minimum Gasteiger partial charge on any atom is -0.397 e. The molecule has 1 aliphatic rings. The lowest BCUT2D eigenvalue weighted by Gasteiger charge is -2.37. The topological polar surface area (TPSA) is 67.6 Å². The van der Waals surface area contributed by atoms with Crippen LogP contribution >= 0.6 is 23.2 Å². The molecule has 1 unspecified atom stereocenters. The van der Waals surface area contributed by atoms with Gasteiger partial charge in [-0.25, -0.2) is 0 Å². The normalized spacial score (nSPS) is 18.9. The number of morpholine rings is 1. The second-order valence-electron chi connectivity index (χ2n) is 4.50. The molecule has 1 atom stereocenters. The van der Waals surface area contributed by atoms with E-state index in [9.17, 15) is 4.79 Å². The highest BCUT2D eigenvalue weighted by Crippen LogP contribution is 2.34. The molecule has 0 bridgehead atoms. The summed E-state index contributed by atoms with van der Waals surface area (Å²) in [5.41, 5.74) is 7.20. The van der Waals surface area contributed by atoms with E-state index in [0.29, 0.717) is 47.7 Å². The predicted molar refractivity (Wildman–Crippen MR) is 81.5 cm³/mol. The molecule has 0 aromatic heterocycles. The summed E-state index contributed by atoms with van der Waals surface area (Å²) in [5.74, 6) is -0.0855. The average molecular weight is 318 g/mol. The van der Waals surface area contributed by atoms with Crippen LogP contribution in [0.15, 0.2) is 12.1 Å². The molecular formula is C13H17Cl2N3O2. The number of halogens is 2. The van der Waals surface area contributed by atoms with Crippen LogP contribution in [0, 0.1) is 0 Å². The number of ether oxygens (including phenoxy) is 1. The molecule has 110 valence electrons. The number of carbonyl (C=O) groups is 1. The SMILES string of the molecule is CCNC(=O)C1COCCN1c1cc(Cl)c(Cl)cc1N. The first-order valence-corrected chi connectivity index (χ1v) is 7.16. The Hall–Kier alpha value is -1.17. The average Bonchev–Trinajstić information content (AvgIpc) is 2.43. The number of amides is 1. The molecule has 1 amide bonds. The number of nitrogens with one attached hydrogen (secondary N) is 1. The zero-order chi connectivity index (χ0) is 14.7. The van der Waals surface area contributed by atoms with Gasteiger partial charge in [0.1, 0.15) is 6.04 Å². The third kappa shape index (κ3) is 3.11. The number of likely N-dealkylation sites (N-methyl/N-ethyl adjacent to an activating group) is 1. The van der Waals surface area contributed by atoms with Crippen LogP contribution in [0.2, 0.25) is 10.0 Å². The zero-order valence-electron chi connectivity index (χ0n) is 11.2. The molecule has 20 heavy (non-hydrogen) atoms. The Morgan fingerprint density at radius 2 is 2.20 bits per heavy atom. The highest BCUT2D eigenvalue weighted by molar-refractivity contribution is 6.42. The van der Waals surface area contributed by atoms with E-state index in [2.05, 4.69) is 5.32 Å². The number of nitrogens with zero attached hydrogens (tertiary/aromatic N) is 1. The van der Waals surface area contributed by atoms with Crippen molar-refractivity contribution in [1.29, 1.82) is 0 Å². The Morgan fingerprint density at radius 1 is 1.50 bits per heavy atom. The summed E-state index contributed by atoms with van der Waals surface area (Å²) in [6.07, 6.45) is 0. The Bertz CT molecular complexity index is 511. The Labute approximate surface area is 128 Å². The van der Waals surface area contributed by atoms with E-state index >= 15 is 0 Å². The smallest absolute Gasteiger partial charge is 0.245 e. The van der Waals surface area contributed by atoms with E-state index in [4.69, 9.17) is 33.7 Å². The van der Waals surface area contributed by atoms with Crippen molar-refractivity contribution >= 4 is 40.5 Å². The van der Waals surface area contributed by atoms with Crippen molar-refractivity contribution in [2.75, 3.05) is 36.9 Å². The van der Waals surface area contributed by atoms with Gasteiger partial charge in [0.05, 0.1) is 34.6 Å². The van der Waals surface area contributed by atoms with Gasteiger partial charge in [0.25, 0.3) is 0 Å². The second kappa shape index (κ2) is 6.52. The zero-order valence-corrected chi connectivity index (χ0v) is 12.7. The molecule has 5 nitrogen and oxygen atoms in total. The number of rotatable bonds is 3. The standard InChI is InChI=1S/C13H17Cl2N3O2/c1-2-17-13(19)12-7-20-4-3-18(12)11-6-9(15)8(14)5-10(11)16/h5-6,12H,2-4,7,16H2,1H3,(H,17,19). The summed E-state index contributed by atoms with van der Waals surface area (Å²) in [4.78, 5) is 14.0. The molecule has 1 aromatic rings. The van der Waals surface area contributed by atoms with Crippen LogP contribution in [0.5, 0.6) is 0 Å². The third-order valence-electron chi connectivity index (χ3n) is 3.16. The Morgan fingerprint density at radius 3 is 2.90 bits per heavy atom. The predicted octanol–water partition coefficient (Wildman–Crippen LogP) is 1.92. The lowest BCUT2D eigenvalue weighted by molar-refractivity contribution is -0.124. The van der Waals surface area contributed by atoms with Gasteiger partial charge in [-0.3, -0.25) is 4.79 Å². The summed E-state index contributed by atoms with van der Waals surface area (Å²) >= 11 is 12.0. The van der Waals surface area contributed by atoms with E-state index in [0.717, 1.165) is 0 Å². The van der Waals surface area contributed by atoms with Crippen LogP contribution < -0.4 is 16.0 Å². The van der Waals surface area contributed by atoms with Crippen molar-refractivity contribution in [3.05, 3.63) is 22.2 Å². The highest BCUT2D eigenvalue weighted by Gasteiger charge is 2.30. The molecule has 3 N–H and O–H groups in total. The van der Waals surface area contributed by atoms with Crippen LogP contribution in [0.4, 0.5) is 11.4 Å². The molecule has 1 aliphatic heterocycles. The highest BCUT2D eigenvalue weighted by atomic mass is 35.5. The quantitative estimate of drug-likeness (QED) is 0.836. The molecule has 1 aromatic carbocycles. The van der Waals surface area contributed by atoms with E-state index < -0.39 is 6.04 Å². The number of anilines is 2. The largest absolute Gasteiger partial charge is 0.397 e. The van der Waals surface area contributed by atoms with Crippen LogP contribution in [0.3, 0.4) is 0 Å². The summed E-state index contributed by atoms with van der Waals surface area (Å²) in [6, 6.07) is 2.88. The number of hydrogen-bond acceptors (Lipinski definition) is 4. The van der Waals surface area contributed by atoms with Crippen molar-refractivity contribution in [3.8, 4) is 0 Å². The maximum Gasteiger partial charge on any atom is 0.245 e. The van der Waals surface area contributed by atoms with Crippen LogP contribution in [0.1, 0.15) is 6.92 Å². The van der Waals surface area contributed by atoms with Gasteiger partial charge in [0.2, 0.25) is 5.91 Å². The van der Waals surface area contributed by atoms with Crippen LogP contribution in [0.25, 0.3) is 0 Å². The van der Waals surface area contributed by atoms with E-state index in [-0.39, 0.29) is 5.91 Å². The lowest BCUT2D eigenvalue weighted by atomic mass is 10.1. The summed E-state index contributed by atoms with van der Waals surface area (Å²) < 4.78 is 5.39. The minimum absolute atomic E-state index is 0.0855. The molecule has 0 saturated carbocycles. The Kier molecular flexibility index (Phi) is 4.96. The first-order chi connectivity index (χ1) is 9.54. The third-order valence-corrected chi connectivity index (χ3v) is 3.88. The maximum atomic E-state index is 12.1. The van der Waals surface area contributed by atoms with Crippen molar-refractivity contribution in [2.24, 2.45) is 0 Å². The van der Waals surface area contributed by atoms with Crippen LogP contribution in [-0.4, -0.2) is 38.3 Å². The molecule has 0 aliphatic carbocycles. The molecule has 1 heterocycles. The van der Waals surface area contributed by atoms with Crippen LogP contribution in [-0.2, 0) is 9.53 Å². The minimum atomic E-state index is -0.414. The number of hydrogen-bond donors (Lipinski definition) is 2. The number of carbonyl (C=O) groups excluding carboxylic acids is 1. The van der Waals surface area contributed by atoms with E-state index in [1.54, 1.807) is 12.1 Å². The molecule has 0 radical (unpaired) electrons. The molecular weight excluding hydrogens is 301 g/mol. The van der Waals surface area contributed by atoms with Gasteiger partial charge in [-0.1, -0.05) is 23.2 Å². The van der Waals surface area contributed by atoms with E-state index in [1.807, 2.05) is 11.8 Å². The summed E-state index contributed by atoms with van der Waals surface area (Å²) in [7, 11) is 0. The molecule has 2 rings (SSSR count). The van der Waals surface area contributed by atoms with Gasteiger partial charge in [0.15, 0.2) is 0 Å². The molecule has 1 fully saturated rings. The summed E-state index contributed by atoms with van der Waals surface area (Å²) in [6.45, 7) is 3.88. The summed E-state index contributed by atoms with van der Waals surface area (Å²) in [5, 5.41) is 3.61. The fraction of sp³-hybridized carbons (Fsp3) is 0.462. The van der Waals surface area contributed by atoms with Gasteiger partial charge in [-0.05, 0) is 19.1 Å². The van der Waals surface area contributed by atoms with Crippen molar-refractivity contribution in [3.63, 3.8) is 0 Å². The van der Waals surface area contributed by atoms with Gasteiger partial charge >= 0.3 is 0 Å². The van der Waals surface area contributed by atoms with Gasteiger partial charge in [-0.2, -0.15) is 0 Å². The molecule has 7 heteroatoms. The van der Waals surface area contributed by atoms with Gasteiger partial charge < -0.3 is 20.7 Å². The molecule has 0 spiro atoms.